The number of hydrogen-bond donors (Lipinski definition) is 0. The molecule has 0 aliphatic carbocycles. The normalized spacial score (nSPS) is 32.3. The molecule has 1 aromatic rings. The number of benzene rings is 1. The van der Waals surface area contributed by atoms with Gasteiger partial charge in [0.25, 0.3) is 0 Å². The molecule has 0 aliphatic rings. The van der Waals surface area contributed by atoms with E-state index in [9.17, 15) is 0 Å². The fourth-order valence-corrected chi connectivity index (χ4v) is 0.438. The maximum absolute atomic E-state index is 7.83. The van der Waals surface area contributed by atoms with Crippen molar-refractivity contribution in [1.29, 1.82) is 0 Å². The Kier molecular flexibility index (Phi) is 0.429. The minimum atomic E-state index is -2.79. The standard InChI is InChI=1S/C9H12/c1-8(2)9-6-4-3-5-7-9/h3-8H,1-2H3/i1D3,3D,4D,5D,6D,7D,8D. The zero-order chi connectivity index (χ0) is 14.5. The van der Waals surface area contributed by atoms with Gasteiger partial charge in [0.15, 0.2) is 0 Å². The van der Waals surface area contributed by atoms with Crippen LogP contribution >= 0.6 is 0 Å². The highest BCUT2D eigenvalue weighted by atomic mass is 14.0. The molecule has 0 amide bonds. The molecule has 1 unspecified atom stereocenters. The van der Waals surface area contributed by atoms with E-state index in [0.717, 1.165) is 6.92 Å². The highest BCUT2D eigenvalue weighted by Gasteiger charge is 1.93. The molecule has 0 N–H and O–H groups in total. The largest absolute Gasteiger partial charge is 0.0626 e. The summed E-state index contributed by atoms with van der Waals surface area (Å²) in [5.41, 5.74) is -0.506. The van der Waals surface area contributed by atoms with Crippen LogP contribution in [-0.4, -0.2) is 0 Å². The van der Waals surface area contributed by atoms with Crippen molar-refractivity contribution < 1.29 is 12.3 Å². The summed E-state index contributed by atoms with van der Waals surface area (Å²) < 4.78 is 67.2. The van der Waals surface area contributed by atoms with Gasteiger partial charge in [-0.05, 0) is 11.5 Å². The third kappa shape index (κ3) is 1.56. The molecule has 0 saturated heterocycles. The van der Waals surface area contributed by atoms with Gasteiger partial charge < -0.3 is 0 Å². The van der Waals surface area contributed by atoms with Crippen LogP contribution in [0.2, 0.25) is 0 Å². The molecule has 9 heavy (non-hydrogen) atoms. The fourth-order valence-electron chi connectivity index (χ4n) is 0.438. The first-order valence-corrected chi connectivity index (χ1v) is 2.50. The van der Waals surface area contributed by atoms with Crippen molar-refractivity contribution in [3.05, 3.63) is 35.8 Å². The summed E-state index contributed by atoms with van der Waals surface area (Å²) in [6, 6.07) is -3.15. The topological polar surface area (TPSA) is 0 Å². The lowest BCUT2D eigenvalue weighted by atomic mass is 10.0. The van der Waals surface area contributed by atoms with Crippen molar-refractivity contribution in [2.45, 2.75) is 19.7 Å². The minimum Gasteiger partial charge on any atom is -0.0622 e. The molecular formula is C9H12. The summed E-state index contributed by atoms with van der Waals surface area (Å²) >= 11 is 0. The third-order valence-electron chi connectivity index (χ3n) is 0.875. The van der Waals surface area contributed by atoms with E-state index in [-0.39, 0.29) is 0 Å². The lowest BCUT2D eigenvalue weighted by Crippen LogP contribution is -1.83. The van der Waals surface area contributed by atoms with Crippen molar-refractivity contribution in [1.82, 2.24) is 0 Å². The second kappa shape index (κ2) is 2.67. The Morgan fingerprint density at radius 1 is 1.56 bits per heavy atom. The van der Waals surface area contributed by atoms with E-state index in [4.69, 9.17) is 12.3 Å². The van der Waals surface area contributed by atoms with E-state index in [1.807, 2.05) is 0 Å². The van der Waals surface area contributed by atoms with E-state index in [2.05, 4.69) is 0 Å². The molecule has 0 radical (unpaired) electrons. The first kappa shape index (κ1) is 1.45. The highest BCUT2D eigenvalue weighted by molar-refractivity contribution is 5.17. The molecular weight excluding hydrogens is 108 g/mol. The second-order valence-corrected chi connectivity index (χ2v) is 1.62. The van der Waals surface area contributed by atoms with Crippen molar-refractivity contribution >= 4 is 0 Å². The summed E-state index contributed by atoms with van der Waals surface area (Å²) in [6.45, 7) is -1.77. The predicted molar refractivity (Wildman–Crippen MR) is 40.5 cm³/mol. The Morgan fingerprint density at radius 2 is 2.22 bits per heavy atom. The van der Waals surface area contributed by atoms with E-state index in [0.29, 0.717) is 0 Å². The van der Waals surface area contributed by atoms with Crippen LogP contribution in [0.1, 0.15) is 37.6 Å². The van der Waals surface area contributed by atoms with Crippen LogP contribution in [0.25, 0.3) is 0 Å². The van der Waals surface area contributed by atoms with Crippen molar-refractivity contribution in [3.8, 4) is 0 Å². The molecule has 1 atom stereocenters. The SMILES string of the molecule is [2H]c1c([2H])c([2H])c(C([2H])(C)C([2H])([2H])[2H])c([2H])c1[2H]. The van der Waals surface area contributed by atoms with Crippen LogP contribution in [0.5, 0.6) is 0 Å². The van der Waals surface area contributed by atoms with Gasteiger partial charge in [-0.1, -0.05) is 44.0 Å². The smallest absolute Gasteiger partial charge is 0.0622 e. The van der Waals surface area contributed by atoms with Crippen LogP contribution in [0.3, 0.4) is 0 Å². The van der Waals surface area contributed by atoms with Gasteiger partial charge >= 0.3 is 0 Å². The van der Waals surface area contributed by atoms with Crippen molar-refractivity contribution in [3.63, 3.8) is 0 Å². The molecule has 0 heteroatoms. The zero-order valence-corrected chi connectivity index (χ0v) is 5.00. The molecule has 0 aliphatic heterocycles. The molecule has 0 spiro atoms. The van der Waals surface area contributed by atoms with Gasteiger partial charge in [-0.15, -0.1) is 0 Å². The van der Waals surface area contributed by atoms with Gasteiger partial charge in [0.05, 0.1) is 6.85 Å². The Balaban J connectivity index is 3.72. The molecule has 0 heterocycles. The zero-order valence-electron chi connectivity index (χ0n) is 14.0. The molecule has 0 saturated carbocycles. The Morgan fingerprint density at radius 3 is 2.78 bits per heavy atom. The van der Waals surface area contributed by atoms with Gasteiger partial charge in [-0.3, -0.25) is 0 Å². The van der Waals surface area contributed by atoms with Gasteiger partial charge in [0.2, 0.25) is 0 Å². The second-order valence-electron chi connectivity index (χ2n) is 1.62. The average Bonchev–Trinajstić information content (AvgIpc) is 2.22. The first-order valence-electron chi connectivity index (χ1n) is 7.00. The van der Waals surface area contributed by atoms with Gasteiger partial charge in [0, 0.05) is 5.48 Å². The molecule has 0 nitrogen and oxygen atoms in total. The summed E-state index contributed by atoms with van der Waals surface area (Å²) in [5, 5.41) is 0. The number of hydrogen-bond acceptors (Lipinski definition) is 0. The molecule has 0 aromatic heterocycles. The van der Waals surface area contributed by atoms with E-state index in [1.54, 1.807) is 0 Å². The van der Waals surface area contributed by atoms with Crippen LogP contribution in [0.15, 0.2) is 30.2 Å². The molecule has 48 valence electrons. The van der Waals surface area contributed by atoms with Gasteiger partial charge in [-0.25, -0.2) is 0 Å². The Bertz CT molecular complexity index is 457. The van der Waals surface area contributed by atoms with Crippen LogP contribution in [0.4, 0.5) is 0 Å². The minimum absolute atomic E-state index is 0.506. The van der Waals surface area contributed by atoms with Crippen LogP contribution < -0.4 is 0 Å². The first-order chi connectivity index (χ1) is 7.93. The third-order valence-corrected chi connectivity index (χ3v) is 0.875. The van der Waals surface area contributed by atoms with Crippen molar-refractivity contribution in [2.75, 3.05) is 0 Å². The monoisotopic (exact) mass is 129 g/mol. The molecule has 0 bridgehead atoms. The highest BCUT2D eigenvalue weighted by Crippen LogP contribution is 2.11. The Hall–Kier alpha value is -0.780. The van der Waals surface area contributed by atoms with E-state index in [1.165, 1.54) is 0 Å². The predicted octanol–water partition coefficient (Wildman–Crippen LogP) is 2.81. The van der Waals surface area contributed by atoms with Crippen LogP contribution in [0, 0.1) is 0 Å². The lowest BCUT2D eigenvalue weighted by Gasteiger charge is -2.01. The summed E-state index contributed by atoms with van der Waals surface area (Å²) in [7, 11) is 0. The molecule has 0 fully saturated rings. The number of rotatable bonds is 1. The Labute approximate surface area is 69.2 Å². The fraction of sp³-hybridized carbons (Fsp3) is 0.333. The summed E-state index contributed by atoms with van der Waals surface area (Å²) in [4.78, 5) is 0. The van der Waals surface area contributed by atoms with E-state index < -0.39 is 48.5 Å². The quantitative estimate of drug-likeness (QED) is 0.547. The van der Waals surface area contributed by atoms with Gasteiger partial charge in [-0.2, -0.15) is 0 Å². The lowest BCUT2D eigenvalue weighted by molar-refractivity contribution is 0.867. The summed E-state index contributed by atoms with van der Waals surface area (Å²) in [6.07, 6.45) is 0. The van der Waals surface area contributed by atoms with Crippen molar-refractivity contribution in [2.24, 2.45) is 0 Å². The molecule has 1 rings (SSSR count). The maximum Gasteiger partial charge on any atom is 0.0626 e. The maximum atomic E-state index is 7.83. The average molecular weight is 129 g/mol. The van der Waals surface area contributed by atoms with Crippen LogP contribution in [-0.2, 0) is 0 Å². The van der Waals surface area contributed by atoms with Gasteiger partial charge in [0.1, 0.15) is 0 Å². The van der Waals surface area contributed by atoms with E-state index >= 15 is 0 Å². The molecule has 1 aromatic carbocycles. The summed E-state index contributed by atoms with van der Waals surface area (Å²) in [5.74, 6) is -2.26.